The summed E-state index contributed by atoms with van der Waals surface area (Å²) in [6.07, 6.45) is -4.67. The maximum absolute atomic E-state index is 11.8. The van der Waals surface area contributed by atoms with Crippen molar-refractivity contribution >= 4 is 0 Å². The van der Waals surface area contributed by atoms with Gasteiger partial charge in [-0.05, 0) is 18.6 Å². The molecule has 1 aromatic carbocycles. The summed E-state index contributed by atoms with van der Waals surface area (Å²) in [4.78, 5) is 0. The summed E-state index contributed by atoms with van der Waals surface area (Å²) in [5, 5.41) is 0. The maximum atomic E-state index is 11.8. The third-order valence-corrected chi connectivity index (χ3v) is 1.61. The van der Waals surface area contributed by atoms with Crippen LogP contribution in [0.1, 0.15) is 5.56 Å². The number of ether oxygens (including phenoxy) is 2. The highest BCUT2D eigenvalue weighted by molar-refractivity contribution is 5.39. The first kappa shape index (κ1) is 10.7. The Hall–Kier alpha value is -1.39. The van der Waals surface area contributed by atoms with Crippen LogP contribution in [0, 0.1) is 6.92 Å². The van der Waals surface area contributed by atoms with Gasteiger partial charge in [0.1, 0.15) is 11.5 Å². The van der Waals surface area contributed by atoms with Crippen molar-refractivity contribution in [2.75, 3.05) is 7.11 Å². The van der Waals surface area contributed by atoms with E-state index in [0.29, 0.717) is 5.75 Å². The van der Waals surface area contributed by atoms with Gasteiger partial charge in [-0.1, -0.05) is 6.07 Å². The second kappa shape index (κ2) is 3.77. The summed E-state index contributed by atoms with van der Waals surface area (Å²) in [5.74, 6) is 0.0895. The van der Waals surface area contributed by atoms with E-state index < -0.39 is 6.36 Å². The molecule has 14 heavy (non-hydrogen) atoms. The number of hydrogen-bond acceptors (Lipinski definition) is 2. The number of methoxy groups -OCH3 is 1. The number of benzene rings is 1. The van der Waals surface area contributed by atoms with E-state index in [4.69, 9.17) is 4.74 Å². The van der Waals surface area contributed by atoms with Gasteiger partial charge in [-0.15, -0.1) is 13.2 Å². The monoisotopic (exact) mass is 206 g/mol. The van der Waals surface area contributed by atoms with E-state index in [1.807, 2.05) is 0 Å². The first-order valence-electron chi connectivity index (χ1n) is 3.83. The molecule has 5 heteroatoms. The zero-order valence-electron chi connectivity index (χ0n) is 7.68. The predicted octanol–water partition coefficient (Wildman–Crippen LogP) is 2.90. The molecule has 0 unspecified atom stereocenters. The lowest BCUT2D eigenvalue weighted by atomic mass is 10.2. The summed E-state index contributed by atoms with van der Waals surface area (Å²) in [6.45, 7) is 1.73. The fourth-order valence-electron chi connectivity index (χ4n) is 0.997. The Balaban J connectivity index is 2.90. The SMILES string of the molecule is COc1cc(OC(F)(F)F)ccc1C. The van der Waals surface area contributed by atoms with Crippen molar-refractivity contribution < 1.29 is 22.6 Å². The molecule has 0 aromatic heterocycles. The second-order valence-corrected chi connectivity index (χ2v) is 2.68. The van der Waals surface area contributed by atoms with E-state index in [1.165, 1.54) is 25.3 Å². The molecule has 0 atom stereocenters. The molecule has 2 nitrogen and oxygen atoms in total. The van der Waals surface area contributed by atoms with Gasteiger partial charge in [-0.25, -0.2) is 0 Å². The third kappa shape index (κ3) is 2.83. The van der Waals surface area contributed by atoms with Crippen molar-refractivity contribution in [3.05, 3.63) is 23.8 Å². The van der Waals surface area contributed by atoms with Gasteiger partial charge in [-0.3, -0.25) is 0 Å². The zero-order valence-corrected chi connectivity index (χ0v) is 7.68. The van der Waals surface area contributed by atoms with Gasteiger partial charge in [0.15, 0.2) is 0 Å². The van der Waals surface area contributed by atoms with E-state index in [2.05, 4.69) is 4.74 Å². The fourth-order valence-corrected chi connectivity index (χ4v) is 0.997. The zero-order chi connectivity index (χ0) is 10.8. The molecular weight excluding hydrogens is 197 g/mol. The number of rotatable bonds is 2. The van der Waals surface area contributed by atoms with E-state index >= 15 is 0 Å². The van der Waals surface area contributed by atoms with Crippen molar-refractivity contribution in [2.24, 2.45) is 0 Å². The minimum absolute atomic E-state index is 0.278. The van der Waals surface area contributed by atoms with Crippen LogP contribution in [0.2, 0.25) is 0 Å². The molecule has 0 heterocycles. The molecule has 0 aliphatic rings. The Morgan fingerprint density at radius 2 is 1.86 bits per heavy atom. The van der Waals surface area contributed by atoms with Gasteiger partial charge in [-0.2, -0.15) is 0 Å². The lowest BCUT2D eigenvalue weighted by molar-refractivity contribution is -0.274. The Labute approximate surface area is 79.2 Å². The molecule has 0 spiro atoms. The third-order valence-electron chi connectivity index (χ3n) is 1.61. The van der Waals surface area contributed by atoms with Crippen LogP contribution in [0.5, 0.6) is 11.5 Å². The van der Waals surface area contributed by atoms with Gasteiger partial charge in [0.2, 0.25) is 0 Å². The lowest BCUT2D eigenvalue weighted by Gasteiger charge is -2.10. The summed E-state index contributed by atoms with van der Waals surface area (Å²) in [6, 6.07) is 3.94. The van der Waals surface area contributed by atoms with Gasteiger partial charge >= 0.3 is 6.36 Å². The van der Waals surface area contributed by atoms with Gasteiger partial charge in [0.25, 0.3) is 0 Å². The molecule has 0 aliphatic carbocycles. The van der Waals surface area contributed by atoms with Crippen LogP contribution in [-0.4, -0.2) is 13.5 Å². The normalized spacial score (nSPS) is 11.2. The van der Waals surface area contributed by atoms with Gasteiger partial charge in [0, 0.05) is 6.07 Å². The molecule has 0 N–H and O–H groups in total. The van der Waals surface area contributed by atoms with Crippen LogP contribution in [-0.2, 0) is 0 Å². The quantitative estimate of drug-likeness (QED) is 0.740. The number of hydrogen-bond donors (Lipinski definition) is 0. The summed E-state index contributed by atoms with van der Waals surface area (Å²) < 4.78 is 44.0. The highest BCUT2D eigenvalue weighted by Crippen LogP contribution is 2.28. The standard InChI is InChI=1S/C9H9F3O2/c1-6-3-4-7(5-8(6)13-2)14-9(10,11)12/h3-5H,1-2H3. The Morgan fingerprint density at radius 1 is 1.21 bits per heavy atom. The van der Waals surface area contributed by atoms with Crippen LogP contribution in [0.3, 0.4) is 0 Å². The fraction of sp³-hybridized carbons (Fsp3) is 0.333. The Bertz CT molecular complexity index is 320. The summed E-state index contributed by atoms with van der Waals surface area (Å²) in [7, 11) is 1.39. The van der Waals surface area contributed by atoms with Crippen LogP contribution in [0.15, 0.2) is 18.2 Å². The first-order valence-corrected chi connectivity index (χ1v) is 3.83. The van der Waals surface area contributed by atoms with Crippen molar-refractivity contribution in [3.63, 3.8) is 0 Å². The van der Waals surface area contributed by atoms with E-state index in [0.717, 1.165) is 5.56 Å². The average Bonchev–Trinajstić information content (AvgIpc) is 2.06. The molecule has 0 saturated heterocycles. The maximum Gasteiger partial charge on any atom is 0.573 e. The van der Waals surface area contributed by atoms with Crippen molar-refractivity contribution in [1.29, 1.82) is 0 Å². The molecule has 0 fully saturated rings. The highest BCUT2D eigenvalue weighted by Gasteiger charge is 2.31. The molecule has 1 rings (SSSR count). The van der Waals surface area contributed by atoms with Gasteiger partial charge in [0.05, 0.1) is 7.11 Å². The van der Waals surface area contributed by atoms with Crippen LogP contribution < -0.4 is 9.47 Å². The van der Waals surface area contributed by atoms with E-state index in [9.17, 15) is 13.2 Å². The molecular formula is C9H9F3O2. The minimum Gasteiger partial charge on any atom is -0.496 e. The predicted molar refractivity (Wildman–Crippen MR) is 44.4 cm³/mol. The van der Waals surface area contributed by atoms with Gasteiger partial charge < -0.3 is 9.47 Å². The molecule has 0 aliphatic heterocycles. The molecule has 78 valence electrons. The number of alkyl halides is 3. The Morgan fingerprint density at radius 3 is 2.36 bits per heavy atom. The van der Waals surface area contributed by atoms with Crippen molar-refractivity contribution in [3.8, 4) is 11.5 Å². The summed E-state index contributed by atoms with van der Waals surface area (Å²) >= 11 is 0. The van der Waals surface area contributed by atoms with Crippen LogP contribution >= 0.6 is 0 Å². The summed E-state index contributed by atoms with van der Waals surface area (Å²) in [5.41, 5.74) is 0.752. The Kier molecular flexibility index (Phi) is 2.88. The second-order valence-electron chi connectivity index (χ2n) is 2.68. The number of halogens is 3. The van der Waals surface area contributed by atoms with Crippen molar-refractivity contribution in [2.45, 2.75) is 13.3 Å². The smallest absolute Gasteiger partial charge is 0.496 e. The van der Waals surface area contributed by atoms with E-state index in [1.54, 1.807) is 6.92 Å². The first-order chi connectivity index (χ1) is 6.42. The topological polar surface area (TPSA) is 18.5 Å². The van der Waals surface area contributed by atoms with Crippen LogP contribution in [0.4, 0.5) is 13.2 Å². The molecule has 0 radical (unpaired) electrons. The molecule has 1 aromatic rings. The highest BCUT2D eigenvalue weighted by atomic mass is 19.4. The molecule has 0 bridgehead atoms. The van der Waals surface area contributed by atoms with Crippen LogP contribution in [0.25, 0.3) is 0 Å². The number of aryl methyl sites for hydroxylation is 1. The largest absolute Gasteiger partial charge is 0.573 e. The average molecular weight is 206 g/mol. The van der Waals surface area contributed by atoms with Crippen molar-refractivity contribution in [1.82, 2.24) is 0 Å². The lowest BCUT2D eigenvalue weighted by Crippen LogP contribution is -2.17. The molecule has 0 amide bonds. The van der Waals surface area contributed by atoms with E-state index in [-0.39, 0.29) is 5.75 Å². The minimum atomic E-state index is -4.67. The molecule has 0 saturated carbocycles.